The fourth-order valence-electron chi connectivity index (χ4n) is 6.43. The molecule has 1 heterocycles. The number of rotatable bonds is 10. The molecule has 1 saturated carbocycles. The number of carbonyl (C=O) groups is 2. The lowest BCUT2D eigenvalue weighted by atomic mass is 9.58. The van der Waals surface area contributed by atoms with E-state index in [1.807, 2.05) is 32.9 Å². The molecular formula is C31H53NO7Si. The number of carbonyl (C=O) groups excluding carboxylic acids is 2. The average Bonchev–Trinajstić information content (AvgIpc) is 2.82. The van der Waals surface area contributed by atoms with Gasteiger partial charge in [-0.05, 0) is 81.8 Å². The third kappa shape index (κ3) is 7.43. The van der Waals surface area contributed by atoms with Gasteiger partial charge in [0.1, 0.15) is 12.2 Å². The highest BCUT2D eigenvalue weighted by Crippen LogP contribution is 2.51. The maximum absolute atomic E-state index is 13.2. The molecule has 1 aliphatic heterocycles. The van der Waals surface area contributed by atoms with Crippen molar-refractivity contribution < 1.29 is 28.6 Å². The smallest absolute Gasteiger partial charge is 0.311 e. The monoisotopic (exact) mass is 579 g/mol. The van der Waals surface area contributed by atoms with Gasteiger partial charge in [0.05, 0.1) is 30.1 Å². The molecule has 0 spiro atoms. The molecule has 0 unspecified atom stereocenters. The fraction of sp³-hybridized carbons (Fsp3) is 0.871. The number of ether oxygens (including phenoxy) is 2. The number of nitrogens with zero attached hydrogens (tertiary/aromatic N) is 1. The van der Waals surface area contributed by atoms with Crippen molar-refractivity contribution >= 4 is 20.3 Å². The first-order valence-corrected chi connectivity index (χ1v) is 18.1. The van der Waals surface area contributed by atoms with E-state index < -0.39 is 25.4 Å². The average molecular weight is 580 g/mol. The van der Waals surface area contributed by atoms with Gasteiger partial charge in [0.2, 0.25) is 0 Å². The molecule has 9 heteroatoms. The molecule has 0 bridgehead atoms. The van der Waals surface area contributed by atoms with E-state index in [4.69, 9.17) is 13.9 Å². The van der Waals surface area contributed by atoms with Crippen LogP contribution in [0, 0.1) is 34.0 Å². The van der Waals surface area contributed by atoms with Gasteiger partial charge in [-0.3, -0.25) is 9.59 Å². The zero-order chi connectivity index (χ0) is 30.1. The number of hydrogen-bond donors (Lipinski definition) is 1. The topological polar surface area (TPSA) is 111 Å². The van der Waals surface area contributed by atoms with Crippen molar-refractivity contribution in [2.45, 2.75) is 135 Å². The van der Waals surface area contributed by atoms with Crippen LogP contribution >= 0.6 is 0 Å². The fourth-order valence-corrected chi connectivity index (χ4v) is 7.79. The Morgan fingerprint density at radius 3 is 2.48 bits per heavy atom. The molecule has 1 saturated heterocycles. The highest BCUT2D eigenvalue weighted by atomic mass is 28.4. The summed E-state index contributed by atoms with van der Waals surface area (Å²) in [5.74, 6) is -0.815. The third-order valence-corrected chi connectivity index (χ3v) is 14.9. The Bertz CT molecular complexity index is 958. The Hall–Kier alpha value is -1.58. The van der Waals surface area contributed by atoms with Crippen LogP contribution in [0.4, 0.5) is 0 Å². The quantitative estimate of drug-likeness (QED) is 0.135. The molecule has 3 rings (SSSR count). The lowest BCUT2D eigenvalue weighted by molar-refractivity contribution is -0.184. The predicted octanol–water partition coefficient (Wildman–Crippen LogP) is 6.56. The highest BCUT2D eigenvalue weighted by Gasteiger charge is 2.54. The number of nitroso groups, excluding NO2 is 1. The minimum absolute atomic E-state index is 0.0167. The first kappa shape index (κ1) is 32.9. The van der Waals surface area contributed by atoms with Crippen molar-refractivity contribution in [1.82, 2.24) is 0 Å². The van der Waals surface area contributed by atoms with E-state index in [9.17, 15) is 19.6 Å². The molecule has 40 heavy (non-hydrogen) atoms. The van der Waals surface area contributed by atoms with Crippen molar-refractivity contribution in [3.63, 3.8) is 0 Å². The molecule has 3 aliphatic rings. The van der Waals surface area contributed by atoms with E-state index in [-0.39, 0.29) is 65.8 Å². The summed E-state index contributed by atoms with van der Waals surface area (Å²) >= 11 is 0. The first-order valence-electron chi connectivity index (χ1n) is 15.2. The van der Waals surface area contributed by atoms with Crippen LogP contribution in [0.3, 0.4) is 0 Å². The van der Waals surface area contributed by atoms with Gasteiger partial charge in [-0.1, -0.05) is 51.9 Å². The van der Waals surface area contributed by atoms with Crippen LogP contribution in [0.1, 0.15) is 93.4 Å². The number of esters is 2. The van der Waals surface area contributed by atoms with E-state index in [1.165, 1.54) is 0 Å². The summed E-state index contributed by atoms with van der Waals surface area (Å²) in [5, 5.41) is 15.1. The van der Waals surface area contributed by atoms with Crippen LogP contribution in [-0.2, 0) is 23.5 Å². The number of cyclic esters (lactones) is 1. The summed E-state index contributed by atoms with van der Waals surface area (Å²) in [5.41, 5.74) is -1.83. The lowest BCUT2D eigenvalue weighted by Crippen LogP contribution is -2.57. The van der Waals surface area contributed by atoms with Crippen molar-refractivity contribution in [2.24, 2.45) is 34.3 Å². The Labute approximate surface area is 242 Å². The number of aliphatic hydroxyl groups is 1. The molecular weight excluding hydrogens is 526 g/mol. The summed E-state index contributed by atoms with van der Waals surface area (Å²) in [4.78, 5) is 36.9. The molecule has 2 aliphatic carbocycles. The van der Waals surface area contributed by atoms with Gasteiger partial charge in [0.25, 0.3) is 0 Å². The summed E-state index contributed by atoms with van der Waals surface area (Å²) in [6.07, 6.45) is 6.84. The zero-order valence-corrected chi connectivity index (χ0v) is 27.2. The normalized spacial score (nSPS) is 35.0. The largest absolute Gasteiger partial charge is 0.462 e. The van der Waals surface area contributed by atoms with Gasteiger partial charge in [-0.2, -0.15) is 4.91 Å². The zero-order valence-electron chi connectivity index (χ0n) is 26.2. The molecule has 1 N–H and O–H groups in total. The van der Waals surface area contributed by atoms with Crippen LogP contribution < -0.4 is 0 Å². The minimum atomic E-state index is -2.04. The maximum Gasteiger partial charge on any atom is 0.311 e. The van der Waals surface area contributed by atoms with Crippen LogP contribution in [0.2, 0.25) is 18.1 Å². The van der Waals surface area contributed by atoms with E-state index in [0.29, 0.717) is 38.5 Å². The SMILES string of the molecule is CCC(C)(C)C(=O)O[C@H]1C[C@@H](CN=O)C[C@]2(O)C=C[C@H](C)[C@H](CC[C@@H]3C[C@@H](O[Si](C)(C)C(C)(C)C)CC(=O)O3)[C@@H]12. The second-order valence-corrected chi connectivity index (χ2v) is 19.6. The van der Waals surface area contributed by atoms with Crippen LogP contribution in [0.15, 0.2) is 17.3 Å². The molecule has 8 nitrogen and oxygen atoms in total. The first-order chi connectivity index (χ1) is 18.4. The van der Waals surface area contributed by atoms with Gasteiger partial charge in [-0.25, -0.2) is 0 Å². The van der Waals surface area contributed by atoms with Gasteiger partial charge >= 0.3 is 11.9 Å². The molecule has 0 aromatic heterocycles. The summed E-state index contributed by atoms with van der Waals surface area (Å²) in [6.45, 7) is 18.9. The second-order valence-electron chi connectivity index (χ2n) is 14.8. The summed E-state index contributed by atoms with van der Waals surface area (Å²) in [7, 11) is -2.04. The molecule has 0 radical (unpaired) electrons. The Kier molecular flexibility index (Phi) is 10.2. The summed E-state index contributed by atoms with van der Waals surface area (Å²) in [6, 6.07) is 0. The maximum atomic E-state index is 13.2. The Morgan fingerprint density at radius 1 is 1.20 bits per heavy atom. The van der Waals surface area contributed by atoms with Crippen molar-refractivity contribution in [3.05, 3.63) is 17.1 Å². The van der Waals surface area contributed by atoms with Crippen LogP contribution in [0.5, 0.6) is 0 Å². The molecule has 8 atom stereocenters. The van der Waals surface area contributed by atoms with E-state index in [1.54, 1.807) is 0 Å². The minimum Gasteiger partial charge on any atom is -0.462 e. The van der Waals surface area contributed by atoms with Crippen molar-refractivity contribution in [1.29, 1.82) is 0 Å². The lowest BCUT2D eigenvalue weighted by Gasteiger charge is -2.52. The van der Waals surface area contributed by atoms with Crippen LogP contribution in [0.25, 0.3) is 0 Å². The van der Waals surface area contributed by atoms with Gasteiger partial charge in [0, 0.05) is 12.3 Å². The highest BCUT2D eigenvalue weighted by molar-refractivity contribution is 6.74. The van der Waals surface area contributed by atoms with E-state index >= 15 is 0 Å². The summed E-state index contributed by atoms with van der Waals surface area (Å²) < 4.78 is 18.6. The second kappa shape index (κ2) is 12.3. The van der Waals surface area contributed by atoms with Crippen LogP contribution in [-0.4, -0.2) is 55.8 Å². The Morgan fingerprint density at radius 2 is 1.88 bits per heavy atom. The molecule has 0 aromatic rings. The van der Waals surface area contributed by atoms with Gasteiger partial charge in [-0.15, -0.1) is 0 Å². The van der Waals surface area contributed by atoms with Crippen molar-refractivity contribution in [2.75, 3.05) is 6.54 Å². The Balaban J connectivity index is 1.80. The predicted molar refractivity (Wildman–Crippen MR) is 158 cm³/mol. The van der Waals surface area contributed by atoms with Crippen molar-refractivity contribution in [3.8, 4) is 0 Å². The number of hydrogen-bond acceptors (Lipinski definition) is 8. The third-order valence-electron chi connectivity index (χ3n) is 10.3. The molecule has 228 valence electrons. The number of allylic oxidation sites excluding steroid dienone is 1. The van der Waals surface area contributed by atoms with Gasteiger partial charge < -0.3 is 19.0 Å². The molecule has 0 amide bonds. The van der Waals surface area contributed by atoms with E-state index in [2.05, 4.69) is 46.0 Å². The number of fused-ring (bicyclic) bond motifs is 1. The molecule has 2 fully saturated rings. The van der Waals surface area contributed by atoms with E-state index in [0.717, 1.165) is 0 Å². The standard InChI is InChI=1S/C31H53NO7Si/c1-10-30(6,7)28(34)38-25-15-21(19-32-36)18-31(35)14-13-20(2)24(27(25)31)12-11-22-16-23(17-26(33)37-22)39-40(8,9)29(3,4)5/h13-14,20-25,27,35H,10-12,15-19H2,1-9H3/t20-,21+,22+,23+,24-,25-,27-,31+/m0/s1. The molecule has 0 aromatic carbocycles. The van der Waals surface area contributed by atoms with Gasteiger partial charge in [0.15, 0.2) is 8.32 Å².